The van der Waals surface area contributed by atoms with Gasteiger partial charge < -0.3 is 4.42 Å². The Morgan fingerprint density at radius 2 is 1.89 bits per heavy atom. The maximum absolute atomic E-state index is 12.7. The van der Waals surface area contributed by atoms with Crippen LogP contribution in [-0.4, -0.2) is 11.1 Å². The van der Waals surface area contributed by atoms with Gasteiger partial charge in [-0.25, -0.2) is 0 Å². The Kier molecular flexibility index (Phi) is 4.81. The molecule has 0 radical (unpaired) electrons. The number of hydrogen-bond acceptors (Lipinski definition) is 4. The van der Waals surface area contributed by atoms with E-state index in [0.29, 0.717) is 5.56 Å². The monoisotopic (exact) mass is 374 g/mol. The summed E-state index contributed by atoms with van der Waals surface area (Å²) < 4.78 is 43.7. The molecule has 0 fully saturated rings. The molecule has 5 nitrogen and oxygen atoms in total. The number of nitro benzene ring substituents is 1. The lowest BCUT2D eigenvalue weighted by Crippen LogP contribution is -2.03. The van der Waals surface area contributed by atoms with Crippen molar-refractivity contribution < 1.29 is 22.5 Å². The lowest BCUT2D eigenvalue weighted by Gasteiger charge is -2.06. The van der Waals surface area contributed by atoms with Crippen LogP contribution in [0.3, 0.4) is 0 Å². The minimum absolute atomic E-state index is 0.0919. The van der Waals surface area contributed by atoms with Crippen LogP contribution in [0.5, 0.6) is 0 Å². The zero-order valence-electron chi connectivity index (χ0n) is 14.0. The first-order valence-electron chi connectivity index (χ1n) is 7.80. The second-order valence-corrected chi connectivity index (χ2v) is 5.79. The molecule has 27 heavy (non-hydrogen) atoms. The number of furan rings is 1. The van der Waals surface area contributed by atoms with E-state index in [-0.39, 0.29) is 22.9 Å². The molecule has 2 aromatic carbocycles. The molecule has 8 heteroatoms. The normalized spacial score (nSPS) is 11.9. The fourth-order valence-electron chi connectivity index (χ4n) is 2.47. The number of nitro groups is 1. The molecule has 0 N–H and O–H groups in total. The van der Waals surface area contributed by atoms with Crippen molar-refractivity contribution >= 4 is 17.6 Å². The quantitative estimate of drug-likeness (QED) is 0.323. The van der Waals surface area contributed by atoms with Crippen LogP contribution in [0.15, 0.2) is 64.0 Å². The highest BCUT2D eigenvalue weighted by atomic mass is 19.4. The van der Waals surface area contributed by atoms with Crippen LogP contribution >= 0.6 is 0 Å². The summed E-state index contributed by atoms with van der Waals surface area (Å²) in [5.74, 6) is 0.532. The van der Waals surface area contributed by atoms with Crippen molar-refractivity contribution in [1.29, 1.82) is 0 Å². The third-order valence-corrected chi connectivity index (χ3v) is 3.76. The first-order valence-corrected chi connectivity index (χ1v) is 7.80. The average molecular weight is 374 g/mol. The molecular weight excluding hydrogens is 361 g/mol. The predicted molar refractivity (Wildman–Crippen MR) is 94.2 cm³/mol. The first kappa shape index (κ1) is 18.4. The fraction of sp³-hybridized carbons (Fsp3) is 0.105. The molecule has 138 valence electrons. The molecule has 0 bridgehead atoms. The van der Waals surface area contributed by atoms with Crippen molar-refractivity contribution in [2.45, 2.75) is 13.1 Å². The molecule has 0 atom stereocenters. The zero-order chi connectivity index (χ0) is 19.6. The molecule has 0 aliphatic rings. The smallest absolute Gasteiger partial charge is 0.416 e. The van der Waals surface area contributed by atoms with Crippen LogP contribution in [0.2, 0.25) is 0 Å². The summed E-state index contributed by atoms with van der Waals surface area (Å²) in [6.07, 6.45) is -3.19. The Hall–Kier alpha value is -3.42. The molecule has 0 unspecified atom stereocenters. The summed E-state index contributed by atoms with van der Waals surface area (Å²) in [5.41, 5.74) is 0.273. The Labute approximate surface area is 151 Å². The molecular formula is C19H13F3N2O3. The van der Waals surface area contributed by atoms with Gasteiger partial charge in [0.25, 0.3) is 5.69 Å². The van der Waals surface area contributed by atoms with E-state index in [1.807, 2.05) is 0 Å². The van der Waals surface area contributed by atoms with Gasteiger partial charge in [-0.3, -0.25) is 15.1 Å². The van der Waals surface area contributed by atoms with Crippen molar-refractivity contribution in [1.82, 2.24) is 0 Å². The molecule has 1 aromatic heterocycles. The van der Waals surface area contributed by atoms with Gasteiger partial charge in [-0.1, -0.05) is 12.1 Å². The lowest BCUT2D eigenvalue weighted by atomic mass is 10.1. The summed E-state index contributed by atoms with van der Waals surface area (Å²) in [7, 11) is 0. The van der Waals surface area contributed by atoms with Gasteiger partial charge in [0, 0.05) is 6.07 Å². The maximum atomic E-state index is 12.7. The Morgan fingerprint density at radius 3 is 2.59 bits per heavy atom. The number of hydrogen-bond donors (Lipinski definition) is 0. The lowest BCUT2D eigenvalue weighted by molar-refractivity contribution is -0.384. The van der Waals surface area contributed by atoms with E-state index in [9.17, 15) is 23.3 Å². The molecule has 3 rings (SSSR count). The number of alkyl halides is 3. The zero-order valence-corrected chi connectivity index (χ0v) is 14.0. The number of benzene rings is 2. The Morgan fingerprint density at radius 1 is 1.11 bits per heavy atom. The predicted octanol–water partition coefficient (Wildman–Crippen LogP) is 5.93. The van der Waals surface area contributed by atoms with Crippen molar-refractivity contribution in [3.63, 3.8) is 0 Å². The molecule has 0 saturated carbocycles. The number of aryl methyl sites for hydroxylation is 1. The summed E-state index contributed by atoms with van der Waals surface area (Å²) in [6, 6.07) is 12.4. The Bertz CT molecular complexity index is 1020. The molecule has 1 heterocycles. The third kappa shape index (κ3) is 4.22. The largest absolute Gasteiger partial charge is 0.455 e. The topological polar surface area (TPSA) is 68.6 Å². The average Bonchev–Trinajstić information content (AvgIpc) is 3.08. The Balaban J connectivity index is 1.88. The molecule has 0 aliphatic heterocycles. The van der Waals surface area contributed by atoms with E-state index in [4.69, 9.17) is 4.42 Å². The van der Waals surface area contributed by atoms with E-state index in [1.165, 1.54) is 30.5 Å². The highest BCUT2D eigenvalue weighted by Crippen LogP contribution is 2.33. The summed E-state index contributed by atoms with van der Waals surface area (Å²) in [6.45, 7) is 1.74. The third-order valence-electron chi connectivity index (χ3n) is 3.76. The molecule has 0 aliphatic carbocycles. The van der Waals surface area contributed by atoms with Gasteiger partial charge in [-0.05, 0) is 48.9 Å². The highest BCUT2D eigenvalue weighted by molar-refractivity contribution is 5.81. The van der Waals surface area contributed by atoms with Crippen LogP contribution in [0.25, 0.3) is 11.3 Å². The van der Waals surface area contributed by atoms with E-state index in [1.54, 1.807) is 25.1 Å². The summed E-state index contributed by atoms with van der Waals surface area (Å²) >= 11 is 0. The van der Waals surface area contributed by atoms with Gasteiger partial charge in [-0.2, -0.15) is 13.2 Å². The van der Waals surface area contributed by atoms with Crippen LogP contribution in [-0.2, 0) is 6.18 Å². The number of nitrogens with zero attached hydrogens (tertiary/aromatic N) is 2. The van der Waals surface area contributed by atoms with Crippen molar-refractivity contribution in [2.24, 2.45) is 4.99 Å². The van der Waals surface area contributed by atoms with Crippen molar-refractivity contribution in [3.05, 3.63) is 81.6 Å². The van der Waals surface area contributed by atoms with Crippen LogP contribution in [0, 0.1) is 17.0 Å². The molecule has 0 saturated heterocycles. The maximum Gasteiger partial charge on any atom is 0.416 e. The van der Waals surface area contributed by atoms with E-state index in [2.05, 4.69) is 4.99 Å². The van der Waals surface area contributed by atoms with Crippen molar-refractivity contribution in [3.8, 4) is 11.3 Å². The second-order valence-electron chi connectivity index (χ2n) is 5.79. The van der Waals surface area contributed by atoms with Gasteiger partial charge in [0.2, 0.25) is 0 Å². The van der Waals surface area contributed by atoms with Crippen LogP contribution in [0.1, 0.15) is 16.9 Å². The van der Waals surface area contributed by atoms with Gasteiger partial charge in [0.15, 0.2) is 0 Å². The number of halogens is 3. The standard InChI is InChI=1S/C19H13F3N2O3/c1-12-5-7-16(17(9-12)24(25)26)18-8-6-15(27-18)11-23-14-4-2-3-13(10-14)19(20,21)22/h2-11H,1H3. The minimum atomic E-state index is -4.45. The van der Waals surface area contributed by atoms with Crippen molar-refractivity contribution in [2.75, 3.05) is 0 Å². The summed E-state index contributed by atoms with van der Waals surface area (Å²) in [4.78, 5) is 14.7. The number of rotatable bonds is 4. The molecule has 0 spiro atoms. The van der Waals surface area contributed by atoms with Gasteiger partial charge in [0.05, 0.1) is 28.0 Å². The number of aliphatic imine (C=N–C) groups is 1. The van der Waals surface area contributed by atoms with Crippen LogP contribution < -0.4 is 0 Å². The van der Waals surface area contributed by atoms with Gasteiger partial charge >= 0.3 is 6.18 Å². The second kappa shape index (κ2) is 7.06. The van der Waals surface area contributed by atoms with E-state index >= 15 is 0 Å². The van der Waals surface area contributed by atoms with Gasteiger partial charge in [-0.15, -0.1) is 0 Å². The molecule has 0 amide bonds. The van der Waals surface area contributed by atoms with Crippen LogP contribution in [0.4, 0.5) is 24.5 Å². The van der Waals surface area contributed by atoms with Gasteiger partial charge in [0.1, 0.15) is 11.5 Å². The summed E-state index contributed by atoms with van der Waals surface area (Å²) in [5, 5.41) is 11.2. The van der Waals surface area contributed by atoms with E-state index in [0.717, 1.165) is 17.7 Å². The SMILES string of the molecule is Cc1ccc(-c2ccc(C=Nc3cccc(C(F)(F)F)c3)o2)c([N+](=O)[O-])c1. The first-order chi connectivity index (χ1) is 12.7. The van der Waals surface area contributed by atoms with E-state index < -0.39 is 16.7 Å². The highest BCUT2D eigenvalue weighted by Gasteiger charge is 2.30. The minimum Gasteiger partial charge on any atom is -0.455 e. The molecule has 3 aromatic rings. The fourth-order valence-corrected chi connectivity index (χ4v) is 2.47.